The maximum absolute atomic E-state index is 14.2. The van der Waals surface area contributed by atoms with Gasteiger partial charge < -0.3 is 20.5 Å². The molecule has 0 radical (unpaired) electrons. The fraction of sp³-hybridized carbons (Fsp3) is 0.615. The van der Waals surface area contributed by atoms with Crippen LogP contribution < -0.4 is 10.5 Å². The standard InChI is InChI=1S/C13H16F2N4O3/c1-22-10-8-6(17-12(16)18-10)5-19(11(8)21)9-7(20)3-2-4-13(9,14)15/h7,9,20H,2-5H2,1H3,(H2,16,17,18)/t7-,9?/m0/s1. The minimum Gasteiger partial charge on any atom is -0.480 e. The number of rotatable bonds is 2. The second-order valence-corrected chi connectivity index (χ2v) is 5.51. The second-order valence-electron chi connectivity index (χ2n) is 5.51. The van der Waals surface area contributed by atoms with Gasteiger partial charge in [-0.15, -0.1) is 0 Å². The highest BCUT2D eigenvalue weighted by molar-refractivity contribution is 6.00. The molecular formula is C13H16F2N4O3. The van der Waals surface area contributed by atoms with E-state index in [0.29, 0.717) is 0 Å². The summed E-state index contributed by atoms with van der Waals surface area (Å²) in [7, 11) is 1.31. The van der Waals surface area contributed by atoms with E-state index in [1.54, 1.807) is 0 Å². The van der Waals surface area contributed by atoms with E-state index in [4.69, 9.17) is 10.5 Å². The van der Waals surface area contributed by atoms with Crippen molar-refractivity contribution in [3.8, 4) is 5.88 Å². The van der Waals surface area contributed by atoms with Gasteiger partial charge in [-0.05, 0) is 12.8 Å². The molecule has 120 valence electrons. The molecule has 0 spiro atoms. The lowest BCUT2D eigenvalue weighted by atomic mass is 9.88. The summed E-state index contributed by atoms with van der Waals surface area (Å²) in [6.45, 7) is -0.144. The zero-order valence-electron chi connectivity index (χ0n) is 11.9. The van der Waals surface area contributed by atoms with E-state index in [-0.39, 0.29) is 48.9 Å². The normalized spacial score (nSPS) is 26.9. The van der Waals surface area contributed by atoms with Gasteiger partial charge in [0.1, 0.15) is 11.6 Å². The van der Waals surface area contributed by atoms with Crippen molar-refractivity contribution in [1.82, 2.24) is 14.9 Å². The van der Waals surface area contributed by atoms with E-state index in [9.17, 15) is 18.7 Å². The molecule has 7 nitrogen and oxygen atoms in total. The molecule has 2 heterocycles. The number of anilines is 1. The van der Waals surface area contributed by atoms with Gasteiger partial charge in [0.15, 0.2) is 0 Å². The van der Waals surface area contributed by atoms with Gasteiger partial charge in [-0.2, -0.15) is 4.98 Å². The zero-order valence-corrected chi connectivity index (χ0v) is 11.9. The van der Waals surface area contributed by atoms with Gasteiger partial charge in [-0.1, -0.05) is 0 Å². The molecule has 22 heavy (non-hydrogen) atoms. The fourth-order valence-corrected chi connectivity index (χ4v) is 3.15. The van der Waals surface area contributed by atoms with E-state index in [1.165, 1.54) is 7.11 Å². The van der Waals surface area contributed by atoms with E-state index < -0.39 is 24.0 Å². The monoisotopic (exact) mass is 314 g/mol. The number of hydrogen-bond acceptors (Lipinski definition) is 6. The van der Waals surface area contributed by atoms with Crippen molar-refractivity contribution < 1.29 is 23.4 Å². The average molecular weight is 314 g/mol. The molecule has 1 unspecified atom stereocenters. The molecule has 3 rings (SSSR count). The summed E-state index contributed by atoms with van der Waals surface area (Å²) in [5.74, 6) is -3.95. The van der Waals surface area contributed by atoms with Crippen LogP contribution in [0.15, 0.2) is 0 Å². The molecule has 0 bridgehead atoms. The lowest BCUT2D eigenvalue weighted by Crippen LogP contribution is -2.56. The average Bonchev–Trinajstić information content (AvgIpc) is 2.74. The fourth-order valence-electron chi connectivity index (χ4n) is 3.15. The Hall–Kier alpha value is -2.03. The van der Waals surface area contributed by atoms with Crippen LogP contribution in [0.5, 0.6) is 5.88 Å². The lowest BCUT2D eigenvalue weighted by molar-refractivity contribution is -0.140. The van der Waals surface area contributed by atoms with E-state index in [2.05, 4.69) is 9.97 Å². The Morgan fingerprint density at radius 1 is 1.45 bits per heavy atom. The van der Waals surface area contributed by atoms with Gasteiger partial charge in [-0.25, -0.2) is 13.8 Å². The molecule has 1 aromatic rings. The van der Waals surface area contributed by atoms with Crippen molar-refractivity contribution in [2.24, 2.45) is 0 Å². The quantitative estimate of drug-likeness (QED) is 0.827. The predicted molar refractivity (Wildman–Crippen MR) is 71.5 cm³/mol. The Kier molecular flexibility index (Phi) is 3.39. The first-order valence-corrected chi connectivity index (χ1v) is 6.92. The SMILES string of the molecule is COc1nc(N)nc2c1C(=O)N(C1[C@@H](O)CCCC1(F)F)C2. The number of hydrogen-bond donors (Lipinski definition) is 2. The Morgan fingerprint density at radius 2 is 2.18 bits per heavy atom. The highest BCUT2D eigenvalue weighted by Gasteiger charge is 2.53. The van der Waals surface area contributed by atoms with Gasteiger partial charge in [0.25, 0.3) is 11.8 Å². The first kappa shape index (κ1) is 14.9. The number of nitrogens with zero attached hydrogens (tertiary/aromatic N) is 3. The number of fused-ring (bicyclic) bond motifs is 1. The minimum atomic E-state index is -3.15. The smallest absolute Gasteiger partial charge is 0.270 e. The maximum Gasteiger partial charge on any atom is 0.270 e. The summed E-state index contributed by atoms with van der Waals surface area (Å²) in [6.07, 6.45) is -1.20. The summed E-state index contributed by atoms with van der Waals surface area (Å²) >= 11 is 0. The largest absolute Gasteiger partial charge is 0.480 e. The maximum atomic E-state index is 14.2. The van der Waals surface area contributed by atoms with Gasteiger partial charge in [-0.3, -0.25) is 4.79 Å². The number of nitrogen functional groups attached to an aromatic ring is 1. The van der Waals surface area contributed by atoms with Crippen LogP contribution in [0.2, 0.25) is 0 Å². The topological polar surface area (TPSA) is 102 Å². The highest BCUT2D eigenvalue weighted by atomic mass is 19.3. The molecule has 3 N–H and O–H groups in total. The third kappa shape index (κ3) is 2.16. The third-order valence-corrected chi connectivity index (χ3v) is 4.10. The summed E-state index contributed by atoms with van der Waals surface area (Å²) in [5.41, 5.74) is 5.80. The summed E-state index contributed by atoms with van der Waals surface area (Å²) in [5, 5.41) is 9.98. The number of aliphatic hydroxyl groups is 1. The number of amides is 1. The van der Waals surface area contributed by atoms with E-state index >= 15 is 0 Å². The molecule has 1 saturated carbocycles. The van der Waals surface area contributed by atoms with Crippen molar-refractivity contribution >= 4 is 11.9 Å². The van der Waals surface area contributed by atoms with Crippen molar-refractivity contribution in [1.29, 1.82) is 0 Å². The molecule has 1 aromatic heterocycles. The van der Waals surface area contributed by atoms with Gasteiger partial charge in [0.2, 0.25) is 11.8 Å². The molecule has 1 amide bonds. The molecule has 9 heteroatoms. The van der Waals surface area contributed by atoms with Gasteiger partial charge in [0.05, 0.1) is 25.5 Å². The lowest BCUT2D eigenvalue weighted by Gasteiger charge is -2.40. The summed E-state index contributed by atoms with van der Waals surface area (Å²) in [4.78, 5) is 21.2. The molecule has 0 aromatic carbocycles. The number of carbonyl (C=O) groups is 1. The molecule has 1 fully saturated rings. The van der Waals surface area contributed by atoms with Crippen LogP contribution >= 0.6 is 0 Å². The Morgan fingerprint density at radius 3 is 2.82 bits per heavy atom. The van der Waals surface area contributed by atoms with Crippen LogP contribution in [0.25, 0.3) is 0 Å². The molecule has 0 saturated heterocycles. The van der Waals surface area contributed by atoms with Crippen molar-refractivity contribution in [2.75, 3.05) is 12.8 Å². The van der Waals surface area contributed by atoms with Crippen LogP contribution in [-0.2, 0) is 6.54 Å². The first-order valence-electron chi connectivity index (χ1n) is 6.92. The Balaban J connectivity index is 2.00. The van der Waals surface area contributed by atoms with E-state index in [1.807, 2.05) is 0 Å². The molecule has 1 aliphatic heterocycles. The molecule has 1 aliphatic carbocycles. The predicted octanol–water partition coefficient (Wildman–Crippen LogP) is 0.572. The number of ether oxygens (including phenoxy) is 1. The summed E-state index contributed by atoms with van der Waals surface area (Å²) in [6, 6.07) is -1.58. The van der Waals surface area contributed by atoms with Crippen LogP contribution in [-0.4, -0.2) is 51.1 Å². The number of aromatic nitrogens is 2. The van der Waals surface area contributed by atoms with Crippen molar-refractivity contribution in [2.45, 2.75) is 43.9 Å². The number of methoxy groups -OCH3 is 1. The Bertz CT molecular complexity index is 626. The van der Waals surface area contributed by atoms with Crippen molar-refractivity contribution in [3.63, 3.8) is 0 Å². The van der Waals surface area contributed by atoms with E-state index in [0.717, 1.165) is 4.90 Å². The van der Waals surface area contributed by atoms with Crippen molar-refractivity contribution in [3.05, 3.63) is 11.3 Å². The number of carbonyl (C=O) groups excluding carboxylic acids is 1. The number of alkyl halides is 2. The van der Waals surface area contributed by atoms with Crippen LogP contribution in [0.1, 0.15) is 35.3 Å². The molecule has 2 atom stereocenters. The second kappa shape index (κ2) is 5.01. The molecular weight excluding hydrogens is 298 g/mol. The summed E-state index contributed by atoms with van der Waals surface area (Å²) < 4.78 is 33.4. The molecule has 2 aliphatic rings. The first-order chi connectivity index (χ1) is 10.3. The zero-order chi connectivity index (χ0) is 16.1. The third-order valence-electron chi connectivity index (χ3n) is 4.10. The number of aliphatic hydroxyl groups excluding tert-OH is 1. The number of halogens is 2. The Labute approximate surface area is 125 Å². The van der Waals surface area contributed by atoms with Crippen LogP contribution in [0, 0.1) is 0 Å². The van der Waals surface area contributed by atoms with Gasteiger partial charge >= 0.3 is 0 Å². The van der Waals surface area contributed by atoms with Crippen LogP contribution in [0.4, 0.5) is 14.7 Å². The van der Waals surface area contributed by atoms with Crippen LogP contribution in [0.3, 0.4) is 0 Å². The highest BCUT2D eigenvalue weighted by Crippen LogP contribution is 2.41. The minimum absolute atomic E-state index is 0.0327. The van der Waals surface area contributed by atoms with Gasteiger partial charge in [0, 0.05) is 6.42 Å². The number of nitrogens with two attached hydrogens (primary N) is 1.